The van der Waals surface area contributed by atoms with E-state index in [0.29, 0.717) is 6.61 Å². The summed E-state index contributed by atoms with van der Waals surface area (Å²) in [7, 11) is 0. The van der Waals surface area contributed by atoms with Crippen molar-refractivity contribution in [2.75, 3.05) is 6.61 Å². The van der Waals surface area contributed by atoms with Crippen molar-refractivity contribution in [1.29, 1.82) is 0 Å². The molecule has 4 heteroatoms. The minimum Gasteiger partial charge on any atom is -0.494 e. The Balaban J connectivity index is 1.71. The van der Waals surface area contributed by atoms with Gasteiger partial charge < -0.3 is 9.30 Å². The van der Waals surface area contributed by atoms with Gasteiger partial charge in [0.2, 0.25) is 0 Å². The monoisotopic (exact) mass is 342 g/mol. The molecule has 0 fully saturated rings. The first-order valence-corrected chi connectivity index (χ1v) is 8.67. The van der Waals surface area contributed by atoms with Crippen LogP contribution in [0.25, 0.3) is 11.0 Å². The van der Waals surface area contributed by atoms with Crippen LogP contribution in [0, 0.1) is 0 Å². The zero-order valence-corrected chi connectivity index (χ0v) is 15.2. The number of aryl methyl sites for hydroxylation is 1. The van der Waals surface area contributed by atoms with E-state index in [1.54, 1.807) is 0 Å². The maximum atomic E-state index is 5.89. The van der Waals surface area contributed by atoms with Crippen LogP contribution in [-0.4, -0.2) is 16.2 Å². The van der Waals surface area contributed by atoms with E-state index in [1.165, 1.54) is 5.52 Å². The van der Waals surface area contributed by atoms with Crippen molar-refractivity contribution < 1.29 is 4.74 Å². The number of halogens is 1. The molecule has 0 amide bonds. The van der Waals surface area contributed by atoms with Gasteiger partial charge in [0, 0.05) is 17.0 Å². The molecule has 0 unspecified atom stereocenters. The second-order valence-electron chi connectivity index (χ2n) is 6.98. The smallest absolute Gasteiger partial charge is 0.119 e. The van der Waals surface area contributed by atoms with Crippen LogP contribution in [0.1, 0.15) is 33.0 Å². The molecule has 0 saturated carbocycles. The van der Waals surface area contributed by atoms with E-state index >= 15 is 0 Å². The van der Waals surface area contributed by atoms with E-state index in [2.05, 4.69) is 43.5 Å². The van der Waals surface area contributed by atoms with Gasteiger partial charge in [-0.15, -0.1) is 0 Å². The molecule has 0 bridgehead atoms. The largest absolute Gasteiger partial charge is 0.494 e. The lowest BCUT2D eigenvalue weighted by Crippen LogP contribution is -2.19. The summed E-state index contributed by atoms with van der Waals surface area (Å²) in [5.74, 6) is 1.97. The summed E-state index contributed by atoms with van der Waals surface area (Å²) in [6, 6.07) is 15.8. The number of nitrogens with zero attached hydrogens (tertiary/aromatic N) is 2. The summed E-state index contributed by atoms with van der Waals surface area (Å²) >= 11 is 5.89. The number of rotatable bonds is 5. The van der Waals surface area contributed by atoms with Gasteiger partial charge >= 0.3 is 0 Å². The first-order chi connectivity index (χ1) is 11.4. The first kappa shape index (κ1) is 16.8. The highest BCUT2D eigenvalue weighted by Gasteiger charge is 2.22. The average molecular weight is 343 g/mol. The van der Waals surface area contributed by atoms with Crippen LogP contribution in [0.2, 0.25) is 5.02 Å². The van der Waals surface area contributed by atoms with Crippen molar-refractivity contribution in [3.8, 4) is 5.75 Å². The lowest BCUT2D eigenvalue weighted by molar-refractivity contribution is 0.300. The zero-order chi connectivity index (χ0) is 17.2. The Bertz CT molecular complexity index is 816. The van der Waals surface area contributed by atoms with Gasteiger partial charge in [-0.2, -0.15) is 0 Å². The van der Waals surface area contributed by atoms with E-state index in [0.717, 1.165) is 35.1 Å². The maximum Gasteiger partial charge on any atom is 0.119 e. The molecule has 3 nitrogen and oxygen atoms in total. The number of benzene rings is 2. The minimum atomic E-state index is 0.00998. The molecular formula is C20H23ClN2O. The zero-order valence-electron chi connectivity index (χ0n) is 14.4. The Kier molecular flexibility index (Phi) is 4.81. The van der Waals surface area contributed by atoms with Crippen LogP contribution in [0.15, 0.2) is 48.5 Å². The number of hydrogen-bond donors (Lipinski definition) is 0. The van der Waals surface area contributed by atoms with Gasteiger partial charge in [0.15, 0.2) is 0 Å². The third kappa shape index (κ3) is 3.73. The average Bonchev–Trinajstić information content (AvgIpc) is 2.92. The predicted octanol–water partition coefficient (Wildman–Crippen LogP) is 5.46. The van der Waals surface area contributed by atoms with E-state index in [9.17, 15) is 0 Å². The molecule has 24 heavy (non-hydrogen) atoms. The number of ether oxygens (including phenoxy) is 1. The Morgan fingerprint density at radius 1 is 1.04 bits per heavy atom. The highest BCUT2D eigenvalue weighted by atomic mass is 35.5. The summed E-state index contributed by atoms with van der Waals surface area (Å²) in [5.41, 5.74) is 2.26. The van der Waals surface area contributed by atoms with Crippen molar-refractivity contribution in [3.05, 3.63) is 59.4 Å². The highest BCUT2D eigenvalue weighted by molar-refractivity contribution is 6.30. The van der Waals surface area contributed by atoms with Gasteiger partial charge in [0.05, 0.1) is 17.6 Å². The van der Waals surface area contributed by atoms with Crippen LogP contribution in [0.4, 0.5) is 0 Å². The van der Waals surface area contributed by atoms with Gasteiger partial charge in [0.1, 0.15) is 11.6 Å². The number of para-hydroxylation sites is 2. The normalized spacial score (nSPS) is 11.8. The summed E-state index contributed by atoms with van der Waals surface area (Å²) in [4.78, 5) is 4.84. The third-order valence-electron chi connectivity index (χ3n) is 3.93. The SMILES string of the molecule is CC(C)(C)c1nc2ccccc2n1CCCOc1ccc(Cl)cc1. The fourth-order valence-corrected chi connectivity index (χ4v) is 2.94. The molecule has 0 aliphatic heterocycles. The molecule has 0 aliphatic rings. The summed E-state index contributed by atoms with van der Waals surface area (Å²) in [6.45, 7) is 8.16. The highest BCUT2D eigenvalue weighted by Crippen LogP contribution is 2.26. The van der Waals surface area contributed by atoms with Crippen LogP contribution in [-0.2, 0) is 12.0 Å². The maximum absolute atomic E-state index is 5.89. The van der Waals surface area contributed by atoms with Gasteiger partial charge in [-0.3, -0.25) is 0 Å². The number of aromatic nitrogens is 2. The Hall–Kier alpha value is -2.00. The van der Waals surface area contributed by atoms with Gasteiger partial charge in [-0.05, 0) is 42.8 Å². The topological polar surface area (TPSA) is 27.1 Å². The van der Waals surface area contributed by atoms with Crippen molar-refractivity contribution in [2.24, 2.45) is 0 Å². The minimum absolute atomic E-state index is 0.00998. The summed E-state index contributed by atoms with van der Waals surface area (Å²) in [6.07, 6.45) is 0.923. The Morgan fingerprint density at radius 2 is 1.75 bits per heavy atom. The first-order valence-electron chi connectivity index (χ1n) is 8.29. The molecule has 1 heterocycles. The van der Waals surface area contributed by atoms with E-state index in [4.69, 9.17) is 21.3 Å². The van der Waals surface area contributed by atoms with E-state index in [1.807, 2.05) is 30.3 Å². The molecule has 0 aliphatic carbocycles. The molecule has 0 saturated heterocycles. The van der Waals surface area contributed by atoms with E-state index < -0.39 is 0 Å². The van der Waals surface area contributed by atoms with Crippen molar-refractivity contribution in [1.82, 2.24) is 9.55 Å². The van der Waals surface area contributed by atoms with Gasteiger partial charge in [0.25, 0.3) is 0 Å². The second-order valence-corrected chi connectivity index (χ2v) is 7.42. The number of fused-ring (bicyclic) bond motifs is 1. The fourth-order valence-electron chi connectivity index (χ4n) is 2.82. The lowest BCUT2D eigenvalue weighted by Gasteiger charge is -2.20. The molecule has 126 valence electrons. The second kappa shape index (κ2) is 6.86. The molecule has 0 N–H and O–H groups in total. The third-order valence-corrected chi connectivity index (χ3v) is 4.19. The standard InChI is InChI=1S/C20H23ClN2O/c1-20(2,3)19-22-17-7-4-5-8-18(17)23(19)13-6-14-24-16-11-9-15(21)10-12-16/h4-5,7-12H,6,13-14H2,1-3H3. The molecule has 0 radical (unpaired) electrons. The van der Waals surface area contributed by atoms with Crippen molar-refractivity contribution >= 4 is 22.6 Å². The van der Waals surface area contributed by atoms with Crippen LogP contribution < -0.4 is 4.74 Å². The van der Waals surface area contributed by atoms with Crippen LogP contribution >= 0.6 is 11.6 Å². The van der Waals surface area contributed by atoms with Crippen LogP contribution in [0.3, 0.4) is 0 Å². The molecule has 0 spiro atoms. The van der Waals surface area contributed by atoms with Crippen molar-refractivity contribution in [2.45, 2.75) is 39.2 Å². The number of imidazole rings is 1. The summed E-state index contributed by atoms with van der Waals surface area (Å²) < 4.78 is 8.12. The molecular weight excluding hydrogens is 320 g/mol. The quantitative estimate of drug-likeness (QED) is 0.576. The molecule has 2 aromatic carbocycles. The van der Waals surface area contributed by atoms with E-state index in [-0.39, 0.29) is 5.41 Å². The van der Waals surface area contributed by atoms with Crippen LogP contribution in [0.5, 0.6) is 5.75 Å². The number of hydrogen-bond acceptors (Lipinski definition) is 2. The summed E-state index contributed by atoms with van der Waals surface area (Å²) in [5, 5.41) is 0.724. The Morgan fingerprint density at radius 3 is 2.46 bits per heavy atom. The molecule has 3 aromatic rings. The molecule has 3 rings (SSSR count). The molecule has 1 aromatic heterocycles. The van der Waals surface area contributed by atoms with Gasteiger partial charge in [-0.25, -0.2) is 4.98 Å². The lowest BCUT2D eigenvalue weighted by atomic mass is 9.95. The Labute approximate surface area is 148 Å². The van der Waals surface area contributed by atoms with Crippen molar-refractivity contribution in [3.63, 3.8) is 0 Å². The molecule has 0 atom stereocenters. The van der Waals surface area contributed by atoms with Gasteiger partial charge in [-0.1, -0.05) is 44.5 Å². The fraction of sp³-hybridized carbons (Fsp3) is 0.350. The predicted molar refractivity (Wildman–Crippen MR) is 100.0 cm³/mol.